The second-order valence-corrected chi connectivity index (χ2v) is 3.66. The van der Waals surface area contributed by atoms with Gasteiger partial charge in [-0.25, -0.2) is 9.97 Å². The summed E-state index contributed by atoms with van der Waals surface area (Å²) in [5.41, 5.74) is 1.37. The van der Waals surface area contributed by atoms with Crippen molar-refractivity contribution in [1.29, 1.82) is 0 Å². The summed E-state index contributed by atoms with van der Waals surface area (Å²) in [6, 6.07) is 6.51. The van der Waals surface area contributed by atoms with Crippen LogP contribution in [0.4, 0.5) is 5.69 Å². The number of rotatable bonds is 4. The molecule has 6 heteroatoms. The van der Waals surface area contributed by atoms with Crippen molar-refractivity contribution < 1.29 is 9.66 Å². The fourth-order valence-electron chi connectivity index (χ4n) is 1.53. The molecule has 0 amide bonds. The SMILES string of the molecule is COc1ccc(C=Cc2ccncn2)cc1[N+](=O)[O-]. The minimum Gasteiger partial charge on any atom is -0.490 e. The summed E-state index contributed by atoms with van der Waals surface area (Å²) in [6.07, 6.45) is 6.57. The molecule has 0 unspecified atom stereocenters. The summed E-state index contributed by atoms with van der Waals surface area (Å²) in [4.78, 5) is 18.3. The van der Waals surface area contributed by atoms with E-state index in [1.165, 1.54) is 19.5 Å². The molecule has 0 bridgehead atoms. The van der Waals surface area contributed by atoms with Crippen molar-refractivity contribution >= 4 is 17.8 Å². The van der Waals surface area contributed by atoms with Crippen LogP contribution >= 0.6 is 0 Å². The van der Waals surface area contributed by atoms with Crippen LogP contribution in [-0.4, -0.2) is 22.0 Å². The van der Waals surface area contributed by atoms with Crippen LogP contribution in [0, 0.1) is 10.1 Å². The quantitative estimate of drug-likeness (QED) is 0.621. The van der Waals surface area contributed by atoms with Crippen LogP contribution < -0.4 is 4.74 Å². The molecule has 19 heavy (non-hydrogen) atoms. The van der Waals surface area contributed by atoms with Gasteiger partial charge in [-0.3, -0.25) is 10.1 Å². The van der Waals surface area contributed by atoms with Crippen LogP contribution in [0.1, 0.15) is 11.3 Å². The second kappa shape index (κ2) is 5.72. The van der Waals surface area contributed by atoms with Gasteiger partial charge < -0.3 is 4.74 Å². The summed E-state index contributed by atoms with van der Waals surface area (Å²) in [7, 11) is 1.40. The van der Waals surface area contributed by atoms with E-state index >= 15 is 0 Å². The molecule has 1 aromatic carbocycles. The molecule has 1 aromatic heterocycles. The van der Waals surface area contributed by atoms with E-state index in [-0.39, 0.29) is 11.4 Å². The summed E-state index contributed by atoms with van der Waals surface area (Å²) < 4.78 is 4.94. The van der Waals surface area contributed by atoms with Crippen LogP contribution in [0.25, 0.3) is 12.2 Å². The molecule has 0 aliphatic rings. The fraction of sp³-hybridized carbons (Fsp3) is 0.0769. The van der Waals surface area contributed by atoms with E-state index in [1.54, 1.807) is 36.5 Å². The topological polar surface area (TPSA) is 78.2 Å². The average molecular weight is 257 g/mol. The first-order chi connectivity index (χ1) is 9.20. The number of aromatic nitrogens is 2. The number of nitro groups is 1. The highest BCUT2D eigenvalue weighted by molar-refractivity contribution is 5.70. The zero-order valence-electron chi connectivity index (χ0n) is 10.2. The summed E-state index contributed by atoms with van der Waals surface area (Å²) in [5.74, 6) is 0.240. The molecule has 0 saturated heterocycles. The number of benzene rings is 1. The molecular weight excluding hydrogens is 246 g/mol. The maximum absolute atomic E-state index is 10.9. The number of hydrogen-bond acceptors (Lipinski definition) is 5. The minimum absolute atomic E-state index is 0.0627. The van der Waals surface area contributed by atoms with Gasteiger partial charge >= 0.3 is 5.69 Å². The van der Waals surface area contributed by atoms with E-state index in [4.69, 9.17) is 4.74 Å². The van der Waals surface area contributed by atoms with Gasteiger partial charge in [-0.2, -0.15) is 0 Å². The van der Waals surface area contributed by atoms with E-state index in [9.17, 15) is 10.1 Å². The van der Waals surface area contributed by atoms with Crippen LogP contribution in [-0.2, 0) is 0 Å². The van der Waals surface area contributed by atoms with Crippen molar-refractivity contribution in [2.75, 3.05) is 7.11 Å². The van der Waals surface area contributed by atoms with Crippen molar-refractivity contribution in [3.8, 4) is 5.75 Å². The highest BCUT2D eigenvalue weighted by atomic mass is 16.6. The van der Waals surface area contributed by atoms with Gasteiger partial charge in [0, 0.05) is 12.3 Å². The number of methoxy groups -OCH3 is 1. The molecule has 0 aliphatic heterocycles. The zero-order chi connectivity index (χ0) is 13.7. The third-order valence-electron chi connectivity index (χ3n) is 2.45. The Labute approximate surface area is 109 Å². The van der Waals surface area contributed by atoms with Gasteiger partial charge in [-0.1, -0.05) is 12.1 Å². The molecule has 1 heterocycles. The molecular formula is C13H11N3O3. The molecule has 96 valence electrons. The van der Waals surface area contributed by atoms with Gasteiger partial charge in [0.15, 0.2) is 5.75 Å². The molecule has 2 aromatic rings. The molecule has 0 saturated carbocycles. The van der Waals surface area contributed by atoms with Crippen LogP contribution in [0.3, 0.4) is 0 Å². The Morgan fingerprint density at radius 2 is 2.16 bits per heavy atom. The molecule has 0 atom stereocenters. The van der Waals surface area contributed by atoms with Crippen molar-refractivity contribution in [2.45, 2.75) is 0 Å². The van der Waals surface area contributed by atoms with E-state index in [2.05, 4.69) is 9.97 Å². The van der Waals surface area contributed by atoms with E-state index in [0.29, 0.717) is 5.56 Å². The van der Waals surface area contributed by atoms with Gasteiger partial charge in [0.1, 0.15) is 6.33 Å². The Morgan fingerprint density at radius 3 is 2.79 bits per heavy atom. The monoisotopic (exact) mass is 257 g/mol. The molecule has 2 rings (SSSR count). The Hall–Kier alpha value is -2.76. The standard InChI is InChI=1S/C13H11N3O3/c1-19-13-5-3-10(8-12(13)16(17)18)2-4-11-6-7-14-9-15-11/h2-9H,1H3. The highest BCUT2D eigenvalue weighted by Gasteiger charge is 2.13. The van der Waals surface area contributed by atoms with Crippen LogP contribution in [0.2, 0.25) is 0 Å². The number of nitro benzene ring substituents is 1. The summed E-state index contributed by atoms with van der Waals surface area (Å²) >= 11 is 0. The second-order valence-electron chi connectivity index (χ2n) is 3.66. The molecule has 0 aliphatic carbocycles. The molecule has 0 fully saturated rings. The van der Waals surface area contributed by atoms with Gasteiger partial charge in [0.25, 0.3) is 0 Å². The van der Waals surface area contributed by atoms with Gasteiger partial charge in [-0.15, -0.1) is 0 Å². The smallest absolute Gasteiger partial charge is 0.311 e. The van der Waals surface area contributed by atoms with Crippen molar-refractivity contribution in [2.24, 2.45) is 0 Å². The van der Waals surface area contributed by atoms with Gasteiger partial charge in [-0.05, 0) is 23.8 Å². The Bertz CT molecular complexity index is 612. The normalized spacial score (nSPS) is 10.6. The van der Waals surface area contributed by atoms with Crippen molar-refractivity contribution in [1.82, 2.24) is 9.97 Å². The largest absolute Gasteiger partial charge is 0.490 e. The van der Waals surface area contributed by atoms with E-state index in [1.807, 2.05) is 0 Å². The van der Waals surface area contributed by atoms with Gasteiger partial charge in [0.2, 0.25) is 0 Å². The fourth-order valence-corrected chi connectivity index (χ4v) is 1.53. The maximum Gasteiger partial charge on any atom is 0.311 e. The lowest BCUT2D eigenvalue weighted by Crippen LogP contribution is -1.93. The third kappa shape index (κ3) is 3.12. The third-order valence-corrected chi connectivity index (χ3v) is 2.45. The lowest BCUT2D eigenvalue weighted by Gasteiger charge is -2.02. The average Bonchev–Trinajstić information content (AvgIpc) is 2.46. The predicted molar refractivity (Wildman–Crippen MR) is 70.6 cm³/mol. The highest BCUT2D eigenvalue weighted by Crippen LogP contribution is 2.28. The Morgan fingerprint density at radius 1 is 1.32 bits per heavy atom. The van der Waals surface area contributed by atoms with E-state index < -0.39 is 4.92 Å². The predicted octanol–water partition coefficient (Wildman–Crippen LogP) is 2.56. The lowest BCUT2D eigenvalue weighted by molar-refractivity contribution is -0.385. The van der Waals surface area contributed by atoms with Gasteiger partial charge in [0.05, 0.1) is 17.7 Å². The van der Waals surface area contributed by atoms with E-state index in [0.717, 1.165) is 5.69 Å². The molecule has 0 radical (unpaired) electrons. The Kier molecular flexibility index (Phi) is 3.82. The maximum atomic E-state index is 10.9. The summed E-state index contributed by atoms with van der Waals surface area (Å²) in [6.45, 7) is 0. The molecule has 0 N–H and O–H groups in total. The van der Waals surface area contributed by atoms with Crippen molar-refractivity contribution in [3.05, 3.63) is 58.2 Å². The first-order valence-electron chi connectivity index (χ1n) is 5.47. The summed E-state index contributed by atoms with van der Waals surface area (Å²) in [5, 5.41) is 10.9. The molecule has 0 spiro atoms. The lowest BCUT2D eigenvalue weighted by atomic mass is 10.1. The van der Waals surface area contributed by atoms with Crippen LogP contribution in [0.5, 0.6) is 5.75 Å². The number of nitrogens with zero attached hydrogens (tertiary/aromatic N) is 3. The first kappa shape index (κ1) is 12.7. The van der Waals surface area contributed by atoms with Crippen molar-refractivity contribution in [3.63, 3.8) is 0 Å². The molecule has 6 nitrogen and oxygen atoms in total. The number of ether oxygens (including phenoxy) is 1. The number of hydrogen-bond donors (Lipinski definition) is 0. The first-order valence-corrected chi connectivity index (χ1v) is 5.47. The minimum atomic E-state index is -0.471. The van der Waals surface area contributed by atoms with Crippen LogP contribution in [0.15, 0.2) is 36.8 Å². The Balaban J connectivity index is 2.29. The zero-order valence-corrected chi connectivity index (χ0v) is 10.2.